The van der Waals surface area contributed by atoms with Gasteiger partial charge >= 0.3 is 12.3 Å². The molecule has 174 valence electrons. The Morgan fingerprint density at radius 3 is 2.55 bits per heavy atom. The quantitative estimate of drug-likeness (QED) is 0.700. The topological polar surface area (TPSA) is 94.1 Å². The standard InChI is InChI=1S/C24H23F2NO6/c1-13-10-14(21(28)29)2-4-17(13)19-12-16(6-9-31-19)27-22(30)23(7-8-23)15-3-5-18-20(11-15)33-24(25,26)32-18/h2-5,10-11,16,19H,6-9,12H2,1H3,(H,27,30)(H,28,29)/t16-,19+/m1/s1. The number of carboxylic acid groups (broad SMARTS) is 1. The molecule has 2 fully saturated rings. The van der Waals surface area contributed by atoms with Crippen LogP contribution in [-0.4, -0.2) is 35.9 Å². The molecule has 0 bridgehead atoms. The smallest absolute Gasteiger partial charge is 0.478 e. The number of carbonyl (C=O) groups excluding carboxylic acids is 1. The van der Waals surface area contributed by atoms with Crippen molar-refractivity contribution in [2.24, 2.45) is 0 Å². The van der Waals surface area contributed by atoms with Crippen LogP contribution < -0.4 is 14.8 Å². The van der Waals surface area contributed by atoms with E-state index in [1.807, 2.05) is 6.92 Å². The summed E-state index contributed by atoms with van der Waals surface area (Å²) in [6.45, 7) is 2.30. The van der Waals surface area contributed by atoms with Gasteiger partial charge < -0.3 is 24.6 Å². The third-order valence-corrected chi connectivity index (χ3v) is 6.62. The van der Waals surface area contributed by atoms with E-state index in [9.17, 15) is 23.5 Å². The number of aryl methyl sites for hydroxylation is 1. The predicted molar refractivity (Wildman–Crippen MR) is 112 cm³/mol. The summed E-state index contributed by atoms with van der Waals surface area (Å²) < 4.78 is 41.6. The fourth-order valence-electron chi connectivity index (χ4n) is 4.66. The second-order valence-electron chi connectivity index (χ2n) is 8.84. The number of nitrogens with one attached hydrogen (secondary N) is 1. The van der Waals surface area contributed by atoms with Crippen LogP contribution in [0.25, 0.3) is 0 Å². The van der Waals surface area contributed by atoms with Crippen molar-refractivity contribution in [1.82, 2.24) is 5.32 Å². The Balaban J connectivity index is 1.28. The lowest BCUT2D eigenvalue weighted by molar-refractivity contribution is -0.286. The van der Waals surface area contributed by atoms with Gasteiger partial charge in [-0.25, -0.2) is 4.79 Å². The van der Waals surface area contributed by atoms with Crippen molar-refractivity contribution in [3.63, 3.8) is 0 Å². The third-order valence-electron chi connectivity index (χ3n) is 6.62. The number of carboxylic acids is 1. The van der Waals surface area contributed by atoms with Crippen LogP contribution in [0.3, 0.4) is 0 Å². The molecule has 2 atom stereocenters. The monoisotopic (exact) mass is 459 g/mol. The Labute approximate surface area is 188 Å². The zero-order valence-electron chi connectivity index (χ0n) is 17.9. The average molecular weight is 459 g/mol. The highest BCUT2D eigenvalue weighted by Crippen LogP contribution is 2.52. The molecule has 1 aliphatic carbocycles. The van der Waals surface area contributed by atoms with Crippen molar-refractivity contribution in [3.05, 3.63) is 58.7 Å². The van der Waals surface area contributed by atoms with Crippen LogP contribution in [0, 0.1) is 6.92 Å². The Kier molecular flexibility index (Phi) is 5.04. The Morgan fingerprint density at radius 2 is 1.85 bits per heavy atom. The molecule has 9 heteroatoms. The van der Waals surface area contributed by atoms with Crippen LogP contribution in [0.4, 0.5) is 8.78 Å². The number of ether oxygens (including phenoxy) is 3. The number of rotatable bonds is 5. The molecule has 1 saturated heterocycles. The van der Waals surface area contributed by atoms with Crippen LogP contribution in [-0.2, 0) is 14.9 Å². The molecule has 3 aliphatic rings. The molecule has 0 radical (unpaired) electrons. The van der Waals surface area contributed by atoms with E-state index in [-0.39, 0.29) is 35.1 Å². The van der Waals surface area contributed by atoms with Gasteiger partial charge in [-0.05, 0) is 73.6 Å². The summed E-state index contributed by atoms with van der Waals surface area (Å²) in [5.74, 6) is -1.24. The normalized spacial score (nSPS) is 24.2. The number of fused-ring (bicyclic) bond motifs is 1. The fourth-order valence-corrected chi connectivity index (χ4v) is 4.66. The summed E-state index contributed by atoms with van der Waals surface area (Å²) in [4.78, 5) is 24.4. The second-order valence-corrected chi connectivity index (χ2v) is 8.84. The van der Waals surface area contributed by atoms with Crippen molar-refractivity contribution in [3.8, 4) is 11.5 Å². The Bertz CT molecular complexity index is 1130. The number of hydrogen-bond acceptors (Lipinski definition) is 5. The molecule has 2 aromatic carbocycles. The van der Waals surface area contributed by atoms with Gasteiger partial charge in [0.1, 0.15) is 0 Å². The van der Waals surface area contributed by atoms with Gasteiger partial charge in [0.25, 0.3) is 0 Å². The molecule has 33 heavy (non-hydrogen) atoms. The summed E-state index contributed by atoms with van der Waals surface area (Å²) in [5, 5.41) is 12.3. The summed E-state index contributed by atoms with van der Waals surface area (Å²) in [6.07, 6.45) is -1.50. The lowest BCUT2D eigenvalue weighted by Gasteiger charge is -2.32. The fraction of sp³-hybridized carbons (Fsp3) is 0.417. The minimum absolute atomic E-state index is 0.0449. The van der Waals surface area contributed by atoms with Crippen LogP contribution in [0.1, 0.15) is 58.8 Å². The van der Waals surface area contributed by atoms with Crippen molar-refractivity contribution in [2.45, 2.75) is 56.5 Å². The van der Waals surface area contributed by atoms with Crippen molar-refractivity contribution >= 4 is 11.9 Å². The van der Waals surface area contributed by atoms with E-state index in [0.717, 1.165) is 11.1 Å². The molecular weight excluding hydrogens is 436 g/mol. The largest absolute Gasteiger partial charge is 0.586 e. The number of hydrogen-bond donors (Lipinski definition) is 2. The number of amides is 1. The maximum atomic E-state index is 13.4. The summed E-state index contributed by atoms with van der Waals surface area (Å²) in [7, 11) is 0. The van der Waals surface area contributed by atoms with E-state index in [1.165, 1.54) is 12.1 Å². The summed E-state index contributed by atoms with van der Waals surface area (Å²) in [5.41, 5.74) is 1.81. The van der Waals surface area contributed by atoms with Gasteiger partial charge in [-0.1, -0.05) is 12.1 Å². The number of aromatic carboxylic acids is 1. The Morgan fingerprint density at radius 1 is 1.09 bits per heavy atom. The maximum Gasteiger partial charge on any atom is 0.586 e. The molecule has 2 heterocycles. The van der Waals surface area contributed by atoms with E-state index < -0.39 is 17.7 Å². The lowest BCUT2D eigenvalue weighted by Crippen LogP contribution is -2.44. The minimum atomic E-state index is -3.70. The molecule has 7 nitrogen and oxygen atoms in total. The Hall–Kier alpha value is -3.20. The van der Waals surface area contributed by atoms with Gasteiger partial charge in [0, 0.05) is 12.6 Å². The van der Waals surface area contributed by atoms with Gasteiger partial charge in [0.15, 0.2) is 11.5 Å². The van der Waals surface area contributed by atoms with Crippen molar-refractivity contribution < 1.29 is 37.7 Å². The van der Waals surface area contributed by atoms with Crippen LogP contribution in [0.2, 0.25) is 0 Å². The highest BCUT2D eigenvalue weighted by atomic mass is 19.3. The van der Waals surface area contributed by atoms with E-state index >= 15 is 0 Å². The number of benzene rings is 2. The zero-order valence-corrected chi connectivity index (χ0v) is 17.9. The molecule has 2 N–H and O–H groups in total. The molecule has 2 aliphatic heterocycles. The first-order valence-electron chi connectivity index (χ1n) is 10.8. The van der Waals surface area contributed by atoms with Crippen molar-refractivity contribution in [1.29, 1.82) is 0 Å². The predicted octanol–water partition coefficient (Wildman–Crippen LogP) is 4.08. The summed E-state index contributed by atoms with van der Waals surface area (Å²) >= 11 is 0. The summed E-state index contributed by atoms with van der Waals surface area (Å²) in [6, 6.07) is 9.32. The molecule has 0 spiro atoms. The maximum absolute atomic E-state index is 13.4. The third kappa shape index (κ3) is 4.01. The van der Waals surface area contributed by atoms with Gasteiger partial charge in [0.2, 0.25) is 5.91 Å². The number of halogens is 2. The van der Waals surface area contributed by atoms with Crippen molar-refractivity contribution in [2.75, 3.05) is 6.61 Å². The van der Waals surface area contributed by atoms with E-state index in [2.05, 4.69) is 14.8 Å². The van der Waals surface area contributed by atoms with Gasteiger partial charge in [0.05, 0.1) is 17.1 Å². The van der Waals surface area contributed by atoms with E-state index in [0.29, 0.717) is 37.9 Å². The van der Waals surface area contributed by atoms with Gasteiger partial charge in [-0.15, -0.1) is 8.78 Å². The molecule has 2 aromatic rings. The second kappa shape index (κ2) is 7.69. The van der Waals surface area contributed by atoms with Gasteiger partial charge in [-0.3, -0.25) is 4.79 Å². The van der Waals surface area contributed by atoms with E-state index in [1.54, 1.807) is 24.3 Å². The van der Waals surface area contributed by atoms with E-state index in [4.69, 9.17) is 4.74 Å². The van der Waals surface area contributed by atoms with Crippen LogP contribution in [0.15, 0.2) is 36.4 Å². The molecule has 1 amide bonds. The highest BCUT2D eigenvalue weighted by molar-refractivity contribution is 5.91. The zero-order chi connectivity index (χ0) is 23.4. The first-order chi connectivity index (χ1) is 15.7. The SMILES string of the molecule is Cc1cc(C(=O)O)ccc1[C@@H]1C[C@H](NC(=O)C2(c3ccc4c(c3)OC(F)(F)O4)CC2)CCO1. The lowest BCUT2D eigenvalue weighted by atomic mass is 9.91. The first-order valence-corrected chi connectivity index (χ1v) is 10.8. The first kappa shape index (κ1) is 21.6. The molecular formula is C24H23F2NO6. The molecule has 0 unspecified atom stereocenters. The number of alkyl halides is 2. The van der Waals surface area contributed by atoms with Crippen LogP contribution >= 0.6 is 0 Å². The van der Waals surface area contributed by atoms with Gasteiger partial charge in [-0.2, -0.15) is 0 Å². The number of carbonyl (C=O) groups is 2. The van der Waals surface area contributed by atoms with Crippen LogP contribution in [0.5, 0.6) is 11.5 Å². The highest BCUT2D eigenvalue weighted by Gasteiger charge is 2.53. The minimum Gasteiger partial charge on any atom is -0.478 e. The molecule has 1 saturated carbocycles. The molecule has 5 rings (SSSR count). The molecule has 0 aromatic heterocycles. The average Bonchev–Trinajstić information content (AvgIpc) is 3.51.